The molecule has 2 heterocycles. The van der Waals surface area contributed by atoms with Crippen LogP contribution < -0.4 is 5.32 Å². The van der Waals surface area contributed by atoms with E-state index in [1.807, 2.05) is 0 Å². The van der Waals surface area contributed by atoms with Crippen molar-refractivity contribution < 1.29 is 0 Å². The van der Waals surface area contributed by atoms with Gasteiger partial charge in [-0.15, -0.1) is 11.8 Å². The van der Waals surface area contributed by atoms with E-state index in [9.17, 15) is 0 Å². The largest absolute Gasteiger partial charge is 0.302 e. The lowest BCUT2D eigenvalue weighted by atomic mass is 10.0. The zero-order valence-corrected chi connectivity index (χ0v) is 11.1. The van der Waals surface area contributed by atoms with Crippen LogP contribution in [0.5, 0.6) is 0 Å². The van der Waals surface area contributed by atoms with E-state index in [-0.39, 0.29) is 0 Å². The lowest BCUT2D eigenvalue weighted by molar-refractivity contribution is 0.146. The van der Waals surface area contributed by atoms with Crippen molar-refractivity contribution in [1.82, 2.24) is 10.2 Å². The van der Waals surface area contributed by atoms with Gasteiger partial charge < -0.3 is 10.2 Å². The summed E-state index contributed by atoms with van der Waals surface area (Å²) in [5.41, 5.74) is 0. The van der Waals surface area contributed by atoms with E-state index in [0.29, 0.717) is 4.87 Å². The summed E-state index contributed by atoms with van der Waals surface area (Å²) in [4.78, 5) is 3.03. The number of nitrogens with one attached hydrogen (secondary N) is 1. The van der Waals surface area contributed by atoms with E-state index < -0.39 is 0 Å². The van der Waals surface area contributed by atoms with Gasteiger partial charge in [-0.3, -0.25) is 0 Å². The molecule has 2 rings (SSSR count). The van der Waals surface area contributed by atoms with Crippen LogP contribution in [0.2, 0.25) is 0 Å². The van der Waals surface area contributed by atoms with Gasteiger partial charge in [0.15, 0.2) is 0 Å². The molecule has 0 aliphatic carbocycles. The van der Waals surface area contributed by atoms with Crippen molar-refractivity contribution in [3.8, 4) is 0 Å². The van der Waals surface area contributed by atoms with Crippen molar-refractivity contribution >= 4 is 11.8 Å². The molecule has 0 radical (unpaired) electrons. The first-order valence-corrected chi connectivity index (χ1v) is 7.23. The Hall–Kier alpha value is 0.270. The molecule has 0 aromatic carbocycles. The Labute approximate surface area is 98.2 Å². The zero-order valence-electron chi connectivity index (χ0n) is 10.3. The van der Waals surface area contributed by atoms with Crippen LogP contribution in [0.3, 0.4) is 0 Å². The molecule has 2 aliphatic heterocycles. The Morgan fingerprint density at radius 1 is 1.33 bits per heavy atom. The molecule has 2 fully saturated rings. The number of likely N-dealkylation sites (tertiary alicyclic amines) is 1. The summed E-state index contributed by atoms with van der Waals surface area (Å²) < 4.78 is 0. The van der Waals surface area contributed by atoms with Crippen LogP contribution in [0.25, 0.3) is 0 Å². The summed E-state index contributed by atoms with van der Waals surface area (Å²) in [6, 6.07) is 0.717. The van der Waals surface area contributed by atoms with Gasteiger partial charge in [-0.2, -0.15) is 0 Å². The highest BCUT2D eigenvalue weighted by molar-refractivity contribution is 8.00. The first kappa shape index (κ1) is 11.7. The second-order valence-electron chi connectivity index (χ2n) is 5.42. The Balaban J connectivity index is 1.86. The first-order valence-electron chi connectivity index (χ1n) is 6.24. The molecule has 0 bridgehead atoms. The third kappa shape index (κ3) is 2.69. The minimum Gasteiger partial charge on any atom is -0.302 e. The monoisotopic (exact) mass is 228 g/mol. The normalized spacial score (nSPS) is 32.4. The number of hydrogen-bond acceptors (Lipinski definition) is 3. The second kappa shape index (κ2) is 4.64. The van der Waals surface area contributed by atoms with E-state index in [1.165, 1.54) is 38.2 Å². The van der Waals surface area contributed by atoms with Crippen LogP contribution in [0.15, 0.2) is 0 Å². The highest BCUT2D eigenvalue weighted by atomic mass is 32.2. The first-order chi connectivity index (χ1) is 7.11. The van der Waals surface area contributed by atoms with E-state index >= 15 is 0 Å². The van der Waals surface area contributed by atoms with Crippen molar-refractivity contribution in [1.29, 1.82) is 0 Å². The van der Waals surface area contributed by atoms with Crippen LogP contribution in [-0.4, -0.2) is 41.2 Å². The summed E-state index contributed by atoms with van der Waals surface area (Å²) >= 11 is 2.17. The van der Waals surface area contributed by atoms with Crippen LogP contribution in [0.4, 0.5) is 0 Å². The Kier molecular flexibility index (Phi) is 3.63. The number of rotatable bonds is 1. The molecule has 1 spiro atoms. The van der Waals surface area contributed by atoms with Crippen molar-refractivity contribution in [3.63, 3.8) is 0 Å². The summed E-state index contributed by atoms with van der Waals surface area (Å²) in [5.74, 6) is 2.19. The van der Waals surface area contributed by atoms with Gasteiger partial charge >= 0.3 is 0 Å². The molecule has 0 saturated carbocycles. The van der Waals surface area contributed by atoms with Crippen molar-refractivity contribution in [2.45, 2.75) is 44.5 Å². The molecule has 0 amide bonds. The molecular formula is C12H24N2S. The van der Waals surface area contributed by atoms with Crippen molar-refractivity contribution in [2.24, 2.45) is 5.92 Å². The molecule has 1 atom stereocenters. The van der Waals surface area contributed by atoms with Crippen LogP contribution in [0, 0.1) is 5.92 Å². The smallest absolute Gasteiger partial charge is 0.0669 e. The number of hydrogen-bond donors (Lipinski definition) is 1. The fourth-order valence-electron chi connectivity index (χ4n) is 2.49. The van der Waals surface area contributed by atoms with Gasteiger partial charge in [-0.1, -0.05) is 6.92 Å². The van der Waals surface area contributed by atoms with Crippen LogP contribution in [0.1, 0.15) is 33.6 Å². The molecular weight excluding hydrogens is 204 g/mol. The number of piperidine rings is 1. The zero-order chi connectivity index (χ0) is 10.9. The van der Waals surface area contributed by atoms with Gasteiger partial charge in [0.2, 0.25) is 0 Å². The maximum Gasteiger partial charge on any atom is 0.0669 e. The molecule has 0 aromatic heterocycles. The maximum absolute atomic E-state index is 3.78. The maximum atomic E-state index is 3.78. The summed E-state index contributed by atoms with van der Waals surface area (Å²) in [5, 5.41) is 3.78. The average molecular weight is 228 g/mol. The number of thioether (sulfide) groups is 1. The van der Waals surface area contributed by atoms with Gasteiger partial charge in [-0.05, 0) is 44.9 Å². The van der Waals surface area contributed by atoms with E-state index in [4.69, 9.17) is 0 Å². The molecule has 1 N–H and O–H groups in total. The fraction of sp³-hybridized carbons (Fsp3) is 1.00. The van der Waals surface area contributed by atoms with Crippen LogP contribution >= 0.6 is 11.8 Å². The van der Waals surface area contributed by atoms with Gasteiger partial charge in [0.1, 0.15) is 0 Å². The van der Waals surface area contributed by atoms with Gasteiger partial charge in [-0.25, -0.2) is 0 Å². The fourth-order valence-corrected chi connectivity index (χ4v) is 3.87. The summed E-state index contributed by atoms with van der Waals surface area (Å²) in [7, 11) is 0. The average Bonchev–Trinajstić information content (AvgIpc) is 2.24. The Bertz CT molecular complexity index is 200. The molecule has 2 nitrogen and oxygen atoms in total. The molecule has 2 aliphatic rings. The summed E-state index contributed by atoms with van der Waals surface area (Å²) in [6.45, 7) is 10.7. The molecule has 88 valence electrons. The van der Waals surface area contributed by atoms with E-state index in [0.717, 1.165) is 12.0 Å². The van der Waals surface area contributed by atoms with E-state index in [1.54, 1.807) is 0 Å². The minimum absolute atomic E-state index is 0.428. The number of nitrogens with zero attached hydrogens (tertiary/aromatic N) is 1. The second-order valence-corrected chi connectivity index (χ2v) is 6.82. The molecule has 15 heavy (non-hydrogen) atoms. The standard InChI is InChI=1S/C12H24N2S/c1-10(2)14-6-4-12(5-7-14)13-8-11(3)9-15-12/h10-11,13H,4-9H2,1-3H3. The summed E-state index contributed by atoms with van der Waals surface area (Å²) in [6.07, 6.45) is 2.64. The lowest BCUT2D eigenvalue weighted by Gasteiger charge is -2.46. The molecule has 2 saturated heterocycles. The topological polar surface area (TPSA) is 15.3 Å². The highest BCUT2D eigenvalue weighted by Gasteiger charge is 2.37. The van der Waals surface area contributed by atoms with Crippen molar-refractivity contribution in [2.75, 3.05) is 25.4 Å². The quantitative estimate of drug-likeness (QED) is 0.740. The van der Waals surface area contributed by atoms with Crippen LogP contribution in [-0.2, 0) is 0 Å². The molecule has 3 heteroatoms. The van der Waals surface area contributed by atoms with Crippen molar-refractivity contribution in [3.05, 3.63) is 0 Å². The minimum atomic E-state index is 0.428. The lowest BCUT2D eigenvalue weighted by Crippen LogP contribution is -2.55. The predicted molar refractivity (Wildman–Crippen MR) is 68.3 cm³/mol. The third-order valence-corrected chi connectivity index (χ3v) is 5.59. The third-order valence-electron chi connectivity index (χ3n) is 3.75. The van der Waals surface area contributed by atoms with E-state index in [2.05, 4.69) is 42.7 Å². The van der Waals surface area contributed by atoms with Gasteiger partial charge in [0.05, 0.1) is 4.87 Å². The van der Waals surface area contributed by atoms with Gasteiger partial charge in [0, 0.05) is 19.1 Å². The predicted octanol–water partition coefficient (Wildman–Crippen LogP) is 2.16. The van der Waals surface area contributed by atoms with Gasteiger partial charge in [0.25, 0.3) is 0 Å². The molecule has 1 unspecified atom stereocenters. The molecule has 0 aromatic rings. The SMILES string of the molecule is CC1CNC2(CCN(C(C)C)CC2)SC1. The highest BCUT2D eigenvalue weighted by Crippen LogP contribution is 2.37. The Morgan fingerprint density at radius 2 is 2.00 bits per heavy atom. The Morgan fingerprint density at radius 3 is 2.47 bits per heavy atom.